The third kappa shape index (κ3) is 3.56. The van der Waals surface area contributed by atoms with Crippen LogP contribution in [-0.4, -0.2) is 0 Å². The summed E-state index contributed by atoms with van der Waals surface area (Å²) in [7, 11) is 0. The molecule has 7 aromatic carbocycles. The van der Waals surface area contributed by atoms with Crippen molar-refractivity contribution in [3.8, 4) is 22.3 Å². The summed E-state index contributed by atoms with van der Waals surface area (Å²) >= 11 is 1.93. The molecule has 0 bridgehead atoms. The second-order valence-corrected chi connectivity index (χ2v) is 15.5. The highest BCUT2D eigenvalue weighted by Crippen LogP contribution is 2.59. The maximum Gasteiger partial charge on any atom is 0.0640 e. The van der Waals surface area contributed by atoms with Crippen LogP contribution in [0.4, 0.5) is 17.1 Å². The van der Waals surface area contributed by atoms with E-state index >= 15 is 0 Å². The summed E-state index contributed by atoms with van der Waals surface area (Å²) in [6.07, 6.45) is 0. The Morgan fingerprint density at radius 3 is 1.85 bits per heavy atom. The molecule has 1 heterocycles. The molecule has 0 radical (unpaired) electrons. The molecule has 10 rings (SSSR count). The third-order valence-electron chi connectivity index (χ3n) is 11.2. The summed E-state index contributed by atoms with van der Waals surface area (Å²) in [5.41, 5.74) is 14.4. The number of anilines is 3. The molecule has 1 aromatic heterocycles. The zero-order chi connectivity index (χ0) is 32.4. The Bertz CT molecular complexity index is 2630. The van der Waals surface area contributed by atoms with Crippen molar-refractivity contribution in [1.82, 2.24) is 0 Å². The highest BCUT2D eigenvalue weighted by atomic mass is 32.1. The molecule has 2 heteroatoms. The van der Waals surface area contributed by atoms with Crippen molar-refractivity contribution in [2.75, 3.05) is 4.90 Å². The fourth-order valence-corrected chi connectivity index (χ4v) is 10.3. The van der Waals surface area contributed by atoms with Crippen LogP contribution in [0.5, 0.6) is 0 Å². The largest absolute Gasteiger partial charge is 0.308 e. The van der Waals surface area contributed by atoms with E-state index in [1.54, 1.807) is 0 Å². The highest BCUT2D eigenvalue weighted by Gasteiger charge is 2.41. The molecule has 0 saturated heterocycles. The number of hydrogen-bond acceptors (Lipinski definition) is 2. The minimum atomic E-state index is -0.167. The second-order valence-electron chi connectivity index (χ2n) is 14.5. The van der Waals surface area contributed by atoms with Crippen molar-refractivity contribution in [2.24, 2.45) is 0 Å². The molecule has 230 valence electrons. The molecular formula is C46H35NS. The van der Waals surface area contributed by atoms with Gasteiger partial charge in [-0.05, 0) is 67.9 Å². The predicted molar refractivity (Wildman–Crippen MR) is 207 cm³/mol. The summed E-state index contributed by atoms with van der Waals surface area (Å²) in [5, 5.41) is 5.25. The zero-order valence-corrected chi connectivity index (χ0v) is 28.5. The van der Waals surface area contributed by atoms with Gasteiger partial charge in [0.1, 0.15) is 0 Å². The Hall–Kier alpha value is -5.18. The van der Waals surface area contributed by atoms with E-state index in [2.05, 4.69) is 172 Å². The van der Waals surface area contributed by atoms with Crippen LogP contribution >= 0.6 is 11.3 Å². The summed E-state index contributed by atoms with van der Waals surface area (Å²) in [4.78, 5) is 2.61. The minimum absolute atomic E-state index is 0.0930. The van der Waals surface area contributed by atoms with Gasteiger partial charge in [-0.1, -0.05) is 149 Å². The van der Waals surface area contributed by atoms with Crippen LogP contribution in [0, 0.1) is 0 Å². The van der Waals surface area contributed by atoms with Gasteiger partial charge in [0.2, 0.25) is 0 Å². The van der Waals surface area contributed by atoms with Gasteiger partial charge in [-0.25, -0.2) is 0 Å². The Morgan fingerprint density at radius 2 is 1.00 bits per heavy atom. The average molecular weight is 634 g/mol. The van der Waals surface area contributed by atoms with Crippen LogP contribution in [0.1, 0.15) is 49.9 Å². The van der Waals surface area contributed by atoms with Gasteiger partial charge in [0, 0.05) is 31.9 Å². The van der Waals surface area contributed by atoms with Crippen LogP contribution in [0.25, 0.3) is 53.2 Å². The van der Waals surface area contributed by atoms with Gasteiger partial charge in [0.25, 0.3) is 0 Å². The van der Waals surface area contributed by atoms with E-state index in [9.17, 15) is 0 Å². The van der Waals surface area contributed by atoms with Gasteiger partial charge >= 0.3 is 0 Å². The monoisotopic (exact) mass is 633 g/mol. The zero-order valence-electron chi connectivity index (χ0n) is 27.6. The van der Waals surface area contributed by atoms with E-state index < -0.39 is 0 Å². The maximum atomic E-state index is 2.61. The van der Waals surface area contributed by atoms with Gasteiger partial charge in [-0.2, -0.15) is 0 Å². The lowest BCUT2D eigenvalue weighted by atomic mass is 9.81. The number of benzene rings is 7. The smallest absolute Gasteiger partial charge is 0.0640 e. The van der Waals surface area contributed by atoms with Crippen molar-refractivity contribution in [2.45, 2.75) is 38.5 Å². The molecule has 0 atom stereocenters. The summed E-state index contributed by atoms with van der Waals surface area (Å²) in [5.74, 6) is 0. The van der Waals surface area contributed by atoms with E-state index in [-0.39, 0.29) is 10.8 Å². The lowest BCUT2D eigenvalue weighted by Gasteiger charge is -2.34. The van der Waals surface area contributed by atoms with E-state index in [0.717, 1.165) is 0 Å². The van der Waals surface area contributed by atoms with Crippen LogP contribution in [0.2, 0.25) is 0 Å². The number of rotatable bonds is 3. The lowest BCUT2D eigenvalue weighted by Crippen LogP contribution is -2.21. The first-order valence-electron chi connectivity index (χ1n) is 17.0. The van der Waals surface area contributed by atoms with E-state index in [0.29, 0.717) is 0 Å². The summed E-state index contributed by atoms with van der Waals surface area (Å²) in [6.45, 7) is 9.56. The average Bonchev–Trinajstić information content (AvgIpc) is 3.70. The predicted octanol–water partition coefficient (Wildman–Crippen LogP) is 13.3. The third-order valence-corrected chi connectivity index (χ3v) is 12.5. The fourth-order valence-electron chi connectivity index (χ4n) is 9.00. The van der Waals surface area contributed by atoms with Gasteiger partial charge in [0.05, 0.1) is 21.8 Å². The standard InChI is InChI=1S/C46H35NS/c1-45(2)36-21-10-8-17-34(36)41-37(45)22-13-23-38(41)47(39-24-11-18-31-30-16-7-9-20-35(30)46(3,4)42(31)39)40-25-12-19-32-33-27-26-28-14-5-6-15-29(28)43(33)48-44(32)40/h5-27H,1-4H3. The van der Waals surface area contributed by atoms with Gasteiger partial charge < -0.3 is 4.90 Å². The second kappa shape index (κ2) is 9.69. The summed E-state index contributed by atoms with van der Waals surface area (Å²) < 4.78 is 2.67. The Labute approximate surface area is 285 Å². The molecule has 8 aromatic rings. The Kier molecular flexibility index (Phi) is 5.63. The van der Waals surface area contributed by atoms with E-state index in [1.807, 2.05) is 11.3 Å². The van der Waals surface area contributed by atoms with Crippen LogP contribution < -0.4 is 4.90 Å². The van der Waals surface area contributed by atoms with Crippen LogP contribution in [-0.2, 0) is 10.8 Å². The molecule has 0 fully saturated rings. The number of nitrogens with zero attached hydrogens (tertiary/aromatic N) is 1. The van der Waals surface area contributed by atoms with Gasteiger partial charge in [-0.15, -0.1) is 11.3 Å². The van der Waals surface area contributed by atoms with Crippen LogP contribution in [0.15, 0.2) is 140 Å². The quantitative estimate of drug-likeness (QED) is 0.187. The first-order chi connectivity index (χ1) is 23.4. The number of hydrogen-bond donors (Lipinski definition) is 0. The Balaban J connectivity index is 1.34. The molecule has 0 unspecified atom stereocenters. The normalized spacial score (nSPS) is 15.0. The van der Waals surface area contributed by atoms with Gasteiger partial charge in [0.15, 0.2) is 0 Å². The molecule has 0 aliphatic heterocycles. The Morgan fingerprint density at radius 1 is 0.417 bits per heavy atom. The first-order valence-corrected chi connectivity index (χ1v) is 17.8. The molecule has 0 amide bonds. The molecule has 48 heavy (non-hydrogen) atoms. The summed E-state index contributed by atoms with van der Waals surface area (Å²) in [6, 6.07) is 52.3. The molecule has 0 N–H and O–H groups in total. The van der Waals surface area contributed by atoms with E-state index in [1.165, 1.54) is 92.5 Å². The lowest BCUT2D eigenvalue weighted by molar-refractivity contribution is 0.659. The van der Waals surface area contributed by atoms with E-state index in [4.69, 9.17) is 0 Å². The van der Waals surface area contributed by atoms with Crippen molar-refractivity contribution in [3.63, 3.8) is 0 Å². The number of fused-ring (bicyclic) bond motifs is 11. The molecule has 2 aliphatic carbocycles. The first kappa shape index (κ1) is 27.9. The molecular weight excluding hydrogens is 599 g/mol. The van der Waals surface area contributed by atoms with Gasteiger partial charge in [-0.3, -0.25) is 0 Å². The van der Waals surface area contributed by atoms with Crippen LogP contribution in [0.3, 0.4) is 0 Å². The molecule has 1 nitrogen and oxygen atoms in total. The molecule has 0 saturated carbocycles. The van der Waals surface area contributed by atoms with Crippen molar-refractivity contribution < 1.29 is 0 Å². The highest BCUT2D eigenvalue weighted by molar-refractivity contribution is 7.27. The van der Waals surface area contributed by atoms with Crippen molar-refractivity contribution in [3.05, 3.63) is 162 Å². The topological polar surface area (TPSA) is 3.24 Å². The number of thiophene rings is 1. The fraction of sp³-hybridized carbons (Fsp3) is 0.130. The SMILES string of the molecule is CC1(C)c2ccccc2-c2c(N(c3cccc4c3C(C)(C)c3ccccc3-4)c3cccc4c3sc3c5ccccc5ccc43)cccc21. The van der Waals surface area contributed by atoms with Crippen molar-refractivity contribution >= 4 is 59.3 Å². The minimum Gasteiger partial charge on any atom is -0.308 e. The molecule has 0 spiro atoms. The molecule has 2 aliphatic rings. The maximum absolute atomic E-state index is 2.61. The van der Waals surface area contributed by atoms with Crippen molar-refractivity contribution in [1.29, 1.82) is 0 Å².